The van der Waals surface area contributed by atoms with Gasteiger partial charge in [-0.1, -0.05) is 23.7 Å². The molecular weight excluding hydrogens is 826 g/mol. The number of nitro benzene ring substituents is 1. The first-order valence-corrected chi connectivity index (χ1v) is 21.8. The molecule has 18 heteroatoms. The van der Waals surface area contributed by atoms with Crippen LogP contribution in [0.3, 0.4) is 0 Å². The van der Waals surface area contributed by atoms with Crippen molar-refractivity contribution in [1.29, 1.82) is 0 Å². The van der Waals surface area contributed by atoms with Gasteiger partial charge < -0.3 is 29.3 Å². The topological polar surface area (TPSA) is 180 Å². The lowest BCUT2D eigenvalue weighted by molar-refractivity contribution is -0.384. The molecule has 61 heavy (non-hydrogen) atoms. The van der Waals surface area contributed by atoms with E-state index in [2.05, 4.69) is 50.8 Å². The standard InChI is InChI=1S/C43H46ClN7O9S/c1-43(2)24-37(29-5-7-32(44)8-6-29)31(27-59-43)26-48-16-18-49(19-17-48)33-9-11-36(40(22-33)60-50-15-13-30-4-3-14-45-41(30)50)42(52)47-61(55,56)35-10-12-38(39(23-35)51(53)54)46-25-34-28-57-20-21-58-34/h3-15,22-23,34,46H,16-21,24-28H2,1-2H3,(H,47,52). The van der Waals surface area contributed by atoms with Crippen molar-refractivity contribution in [3.63, 3.8) is 0 Å². The van der Waals surface area contributed by atoms with Crippen LogP contribution < -0.4 is 19.8 Å². The van der Waals surface area contributed by atoms with E-state index in [0.717, 1.165) is 48.8 Å². The lowest BCUT2D eigenvalue weighted by Crippen LogP contribution is -2.47. The third-order valence-electron chi connectivity index (χ3n) is 10.9. The average molecular weight is 872 g/mol. The van der Waals surface area contributed by atoms with Crippen LogP contribution in [0, 0.1) is 10.1 Å². The Bertz CT molecular complexity index is 2570. The predicted octanol–water partition coefficient (Wildman–Crippen LogP) is 6.16. The number of carbonyl (C=O) groups excluding carboxylic acids is 1. The van der Waals surface area contributed by atoms with Gasteiger partial charge in [-0.25, -0.2) is 18.1 Å². The molecule has 1 amide bonds. The van der Waals surface area contributed by atoms with Gasteiger partial charge in [0, 0.05) is 86.3 Å². The molecule has 5 aromatic rings. The molecule has 2 N–H and O–H groups in total. The molecule has 3 aromatic carbocycles. The van der Waals surface area contributed by atoms with Gasteiger partial charge in [0.15, 0.2) is 11.4 Å². The number of hydrogen-bond acceptors (Lipinski definition) is 13. The van der Waals surface area contributed by atoms with E-state index in [0.29, 0.717) is 50.2 Å². The Morgan fingerprint density at radius 3 is 2.59 bits per heavy atom. The molecule has 0 bridgehead atoms. The molecule has 1 atom stereocenters. The number of hydrogen-bond donors (Lipinski definition) is 2. The van der Waals surface area contributed by atoms with Crippen LogP contribution in [0.2, 0.25) is 5.02 Å². The summed E-state index contributed by atoms with van der Waals surface area (Å²) in [6.45, 7) is 9.77. The van der Waals surface area contributed by atoms with Crippen molar-refractivity contribution >= 4 is 61.2 Å². The van der Waals surface area contributed by atoms with Gasteiger partial charge in [0.05, 0.1) is 53.5 Å². The fourth-order valence-electron chi connectivity index (χ4n) is 7.69. The zero-order chi connectivity index (χ0) is 42.7. The summed E-state index contributed by atoms with van der Waals surface area (Å²) in [5.74, 6) is -0.910. The average Bonchev–Trinajstić information content (AvgIpc) is 3.66. The number of benzene rings is 3. The molecule has 0 saturated carbocycles. The number of ether oxygens (including phenoxy) is 3. The highest BCUT2D eigenvalue weighted by Gasteiger charge is 2.31. The third kappa shape index (κ3) is 9.82. The number of pyridine rings is 1. The Morgan fingerprint density at radius 2 is 1.84 bits per heavy atom. The van der Waals surface area contributed by atoms with Gasteiger partial charge in [0.2, 0.25) is 0 Å². The summed E-state index contributed by atoms with van der Waals surface area (Å²) in [5.41, 5.74) is 4.19. The number of amides is 1. The number of nitrogens with one attached hydrogen (secondary N) is 2. The van der Waals surface area contributed by atoms with E-state index >= 15 is 0 Å². The largest absolute Gasteiger partial charge is 0.377 e. The summed E-state index contributed by atoms with van der Waals surface area (Å²) in [4.78, 5) is 40.1. The quantitative estimate of drug-likeness (QED) is 0.102. The van der Waals surface area contributed by atoms with Gasteiger partial charge in [-0.15, -0.1) is 0 Å². The van der Waals surface area contributed by atoms with Crippen LogP contribution >= 0.6 is 11.6 Å². The minimum absolute atomic E-state index is 0.0758. The van der Waals surface area contributed by atoms with E-state index in [1.165, 1.54) is 34.1 Å². The fourth-order valence-corrected chi connectivity index (χ4v) is 8.80. The van der Waals surface area contributed by atoms with Crippen molar-refractivity contribution in [2.45, 2.75) is 36.9 Å². The molecule has 0 aliphatic carbocycles. The predicted molar refractivity (Wildman–Crippen MR) is 231 cm³/mol. The molecule has 0 spiro atoms. The highest BCUT2D eigenvalue weighted by Crippen LogP contribution is 2.36. The van der Waals surface area contributed by atoms with Crippen molar-refractivity contribution in [3.8, 4) is 5.75 Å². The number of aromatic nitrogens is 2. The summed E-state index contributed by atoms with van der Waals surface area (Å²) in [5, 5.41) is 16.5. The zero-order valence-corrected chi connectivity index (χ0v) is 35.3. The Morgan fingerprint density at radius 1 is 1.03 bits per heavy atom. The molecule has 3 aliphatic heterocycles. The van der Waals surface area contributed by atoms with Gasteiger partial charge in [0.1, 0.15) is 5.69 Å². The lowest BCUT2D eigenvalue weighted by Gasteiger charge is -2.39. The monoisotopic (exact) mass is 871 g/mol. The van der Waals surface area contributed by atoms with Crippen molar-refractivity contribution in [3.05, 3.63) is 123 Å². The Balaban J connectivity index is 1.01. The second kappa shape index (κ2) is 17.8. The molecule has 320 valence electrons. The number of anilines is 2. The first kappa shape index (κ1) is 42.1. The maximum Gasteiger partial charge on any atom is 0.293 e. The molecule has 2 saturated heterocycles. The minimum Gasteiger partial charge on any atom is -0.377 e. The highest BCUT2D eigenvalue weighted by molar-refractivity contribution is 7.90. The van der Waals surface area contributed by atoms with Crippen LogP contribution in [-0.2, 0) is 24.2 Å². The molecule has 1 unspecified atom stereocenters. The molecule has 3 aliphatic rings. The Kier molecular flexibility index (Phi) is 12.3. The van der Waals surface area contributed by atoms with E-state index in [1.807, 2.05) is 24.3 Å². The molecule has 5 heterocycles. The van der Waals surface area contributed by atoms with Crippen LogP contribution in [0.1, 0.15) is 36.2 Å². The maximum atomic E-state index is 13.9. The molecule has 8 rings (SSSR count). The number of sulfonamides is 1. The number of halogens is 1. The van der Waals surface area contributed by atoms with E-state index in [4.69, 9.17) is 30.6 Å². The number of piperazine rings is 1. The zero-order valence-electron chi connectivity index (χ0n) is 33.7. The number of rotatable bonds is 13. The normalized spacial score (nSPS) is 18.5. The van der Waals surface area contributed by atoms with E-state index in [-0.39, 0.29) is 35.3 Å². The summed E-state index contributed by atoms with van der Waals surface area (Å²) in [6, 6.07) is 21.8. The fraction of sp³-hybridized carbons (Fsp3) is 0.349. The van der Waals surface area contributed by atoms with Gasteiger partial charge in [-0.3, -0.25) is 19.8 Å². The lowest BCUT2D eigenvalue weighted by atomic mass is 9.87. The second-order valence-corrected chi connectivity index (χ2v) is 17.8. The number of nitro groups is 1. The Hall–Kier alpha value is -5.56. The first-order valence-electron chi connectivity index (χ1n) is 19.9. The van der Waals surface area contributed by atoms with Crippen molar-refractivity contribution < 1.29 is 37.2 Å². The van der Waals surface area contributed by atoms with Crippen molar-refractivity contribution in [1.82, 2.24) is 19.3 Å². The first-order chi connectivity index (χ1) is 29.3. The van der Waals surface area contributed by atoms with Crippen LogP contribution in [0.4, 0.5) is 17.1 Å². The highest BCUT2D eigenvalue weighted by atomic mass is 35.5. The number of nitrogens with zero attached hydrogens (tertiary/aromatic N) is 5. The SMILES string of the molecule is CC1(C)CC(c2ccc(Cl)cc2)=C(CN2CCN(c3ccc(C(=O)NS(=O)(=O)c4ccc(NCC5COCCO5)c([N+](=O)[O-])c4)c(On4ccc5cccnc54)c3)CC2)CO1. The minimum atomic E-state index is -4.59. The molecule has 0 radical (unpaired) electrons. The van der Waals surface area contributed by atoms with Crippen LogP contribution in [-0.4, -0.2) is 111 Å². The van der Waals surface area contributed by atoms with Gasteiger partial charge in [-0.05, 0) is 85.2 Å². The van der Waals surface area contributed by atoms with E-state index in [9.17, 15) is 23.3 Å². The second-order valence-electron chi connectivity index (χ2n) is 15.7. The van der Waals surface area contributed by atoms with Gasteiger partial charge in [0.25, 0.3) is 21.6 Å². The number of carbonyl (C=O) groups is 1. The van der Waals surface area contributed by atoms with Crippen molar-refractivity contribution in [2.75, 3.05) is 75.9 Å². The maximum absolute atomic E-state index is 13.9. The molecule has 16 nitrogen and oxygen atoms in total. The summed E-state index contributed by atoms with van der Waals surface area (Å²) >= 11 is 6.21. The third-order valence-corrected chi connectivity index (χ3v) is 12.5. The molecule has 2 fully saturated rings. The van der Waals surface area contributed by atoms with E-state index in [1.54, 1.807) is 30.6 Å². The van der Waals surface area contributed by atoms with E-state index < -0.39 is 31.4 Å². The van der Waals surface area contributed by atoms with Crippen molar-refractivity contribution in [2.24, 2.45) is 0 Å². The van der Waals surface area contributed by atoms with Crippen LogP contribution in [0.25, 0.3) is 16.6 Å². The summed E-state index contributed by atoms with van der Waals surface area (Å²) in [6.07, 6.45) is 3.74. The smallest absolute Gasteiger partial charge is 0.293 e. The summed E-state index contributed by atoms with van der Waals surface area (Å²) in [7, 11) is -4.59. The molecular formula is C43H46ClN7O9S. The van der Waals surface area contributed by atoms with Crippen LogP contribution in [0.15, 0.2) is 102 Å². The summed E-state index contributed by atoms with van der Waals surface area (Å²) < 4.78 is 48.0. The Labute approximate surface area is 358 Å². The van der Waals surface area contributed by atoms with Gasteiger partial charge >= 0.3 is 0 Å². The number of fused-ring (bicyclic) bond motifs is 1. The van der Waals surface area contributed by atoms with Gasteiger partial charge in [-0.2, -0.15) is 4.73 Å². The molecule has 2 aromatic heterocycles. The van der Waals surface area contributed by atoms with Crippen LogP contribution in [0.5, 0.6) is 5.75 Å².